The molecule has 2 N–H and O–H groups in total. The molecule has 0 bridgehead atoms. The van der Waals surface area contributed by atoms with E-state index >= 15 is 4.39 Å². The highest BCUT2D eigenvalue weighted by Gasteiger charge is 2.44. The number of nitrogens with one attached hydrogen (secondary N) is 1. The van der Waals surface area contributed by atoms with Crippen LogP contribution in [-0.2, 0) is 14.4 Å². The standard InChI is InChI=1S/C40H32ClFN6O7/c41-30-20-29-36(35(42)34(30)27-18-23(49)17-22-5-1-2-6-25(22)27)43-21-44-37(29)47-14-12-46(13-15-47)33(51)7-3-4-16-55-24-8-9-26-28(19-24)40(54)48(39(26)53)31-10-11-32(50)45-38(31)52/h1-3,5-9,17-21,31,49H,4,10-16H2,(H,45,50,52)/b7-3+. The third kappa shape index (κ3) is 6.58. The summed E-state index contributed by atoms with van der Waals surface area (Å²) in [5, 5.41) is 14.6. The highest BCUT2D eigenvalue weighted by atomic mass is 35.5. The molecular formula is C40H32ClFN6O7. The van der Waals surface area contributed by atoms with E-state index in [2.05, 4.69) is 15.3 Å². The van der Waals surface area contributed by atoms with Gasteiger partial charge >= 0.3 is 0 Å². The first-order valence-electron chi connectivity index (χ1n) is 17.6. The van der Waals surface area contributed by atoms with Gasteiger partial charge in [0.25, 0.3) is 11.8 Å². The van der Waals surface area contributed by atoms with Gasteiger partial charge in [-0.3, -0.25) is 34.2 Å². The van der Waals surface area contributed by atoms with Crippen LogP contribution in [0, 0.1) is 5.82 Å². The minimum absolute atomic E-state index is 0.0145. The fraction of sp³-hybridized carbons (Fsp3) is 0.225. The molecule has 1 unspecified atom stereocenters. The van der Waals surface area contributed by atoms with E-state index in [0.29, 0.717) is 55.1 Å². The molecule has 0 saturated carbocycles. The van der Waals surface area contributed by atoms with E-state index in [1.54, 1.807) is 29.2 Å². The average Bonchev–Trinajstić information content (AvgIpc) is 3.42. The summed E-state index contributed by atoms with van der Waals surface area (Å²) in [5.74, 6) is -2.31. The molecule has 8 rings (SSSR count). The number of anilines is 1. The van der Waals surface area contributed by atoms with Crippen molar-refractivity contribution in [2.24, 2.45) is 0 Å². The lowest BCUT2D eigenvalue weighted by Gasteiger charge is -2.35. The third-order valence-corrected chi connectivity index (χ3v) is 10.3. The molecule has 13 nitrogen and oxygen atoms in total. The summed E-state index contributed by atoms with van der Waals surface area (Å²) in [7, 11) is 0. The van der Waals surface area contributed by atoms with Crippen LogP contribution in [0.1, 0.15) is 40.0 Å². The zero-order valence-electron chi connectivity index (χ0n) is 29.1. The van der Waals surface area contributed by atoms with E-state index in [1.807, 2.05) is 29.2 Å². The highest BCUT2D eigenvalue weighted by Crippen LogP contribution is 2.42. The van der Waals surface area contributed by atoms with Crippen molar-refractivity contribution in [3.8, 4) is 22.6 Å². The Kier molecular flexibility index (Phi) is 9.35. The molecule has 3 aliphatic heterocycles. The van der Waals surface area contributed by atoms with Gasteiger partial charge in [-0.2, -0.15) is 0 Å². The topological polar surface area (TPSA) is 162 Å². The number of aromatic nitrogens is 2. The van der Waals surface area contributed by atoms with Crippen molar-refractivity contribution in [3.63, 3.8) is 0 Å². The van der Waals surface area contributed by atoms with E-state index in [-0.39, 0.29) is 58.3 Å². The quantitative estimate of drug-likeness (QED) is 0.125. The van der Waals surface area contributed by atoms with Gasteiger partial charge in [0.2, 0.25) is 17.7 Å². The predicted octanol–water partition coefficient (Wildman–Crippen LogP) is 5.02. The number of imide groups is 2. The summed E-state index contributed by atoms with van der Waals surface area (Å²) in [6.45, 7) is 1.86. The predicted molar refractivity (Wildman–Crippen MR) is 200 cm³/mol. The first-order valence-corrected chi connectivity index (χ1v) is 18.0. The molecule has 0 spiro atoms. The summed E-state index contributed by atoms with van der Waals surface area (Å²) >= 11 is 6.74. The van der Waals surface area contributed by atoms with Gasteiger partial charge in [-0.15, -0.1) is 0 Å². The van der Waals surface area contributed by atoms with Crippen molar-refractivity contribution in [2.75, 3.05) is 37.7 Å². The number of aromatic hydroxyl groups is 1. The molecule has 4 heterocycles. The Hall–Kier alpha value is -6.41. The van der Waals surface area contributed by atoms with Gasteiger partial charge in [0, 0.05) is 43.5 Å². The number of carbonyl (C=O) groups excluding carboxylic acids is 5. The molecule has 5 aromatic rings. The summed E-state index contributed by atoms with van der Waals surface area (Å²) in [4.78, 5) is 76.1. The number of carbonyl (C=O) groups is 5. The number of ether oxygens (including phenoxy) is 1. The zero-order chi connectivity index (χ0) is 38.4. The molecule has 1 aromatic heterocycles. The molecular weight excluding hydrogens is 731 g/mol. The summed E-state index contributed by atoms with van der Waals surface area (Å²) < 4.78 is 22.0. The molecule has 3 aliphatic rings. The smallest absolute Gasteiger partial charge is 0.262 e. The van der Waals surface area contributed by atoms with Gasteiger partial charge in [0.1, 0.15) is 35.2 Å². The van der Waals surface area contributed by atoms with Crippen LogP contribution in [0.15, 0.2) is 79.1 Å². The van der Waals surface area contributed by atoms with E-state index in [1.165, 1.54) is 30.6 Å². The zero-order valence-corrected chi connectivity index (χ0v) is 29.9. The number of phenolic OH excluding ortho intramolecular Hbond substituents is 1. The Morgan fingerprint density at radius 1 is 0.945 bits per heavy atom. The van der Waals surface area contributed by atoms with Gasteiger partial charge in [0.05, 0.1) is 22.8 Å². The first-order chi connectivity index (χ1) is 26.6. The Morgan fingerprint density at radius 2 is 1.73 bits per heavy atom. The van der Waals surface area contributed by atoms with Crippen LogP contribution < -0.4 is 15.0 Å². The first kappa shape index (κ1) is 35.6. The van der Waals surface area contributed by atoms with Gasteiger partial charge in [-0.25, -0.2) is 14.4 Å². The van der Waals surface area contributed by atoms with Crippen molar-refractivity contribution in [3.05, 3.63) is 101 Å². The van der Waals surface area contributed by atoms with Gasteiger partial charge in [-0.05, 0) is 71.7 Å². The third-order valence-electron chi connectivity index (χ3n) is 10.0. The molecule has 2 fully saturated rings. The minimum Gasteiger partial charge on any atom is -0.508 e. The van der Waals surface area contributed by atoms with Crippen molar-refractivity contribution >= 4 is 68.6 Å². The van der Waals surface area contributed by atoms with Crippen molar-refractivity contribution in [1.82, 2.24) is 25.1 Å². The van der Waals surface area contributed by atoms with Crippen LogP contribution in [0.25, 0.3) is 32.8 Å². The minimum atomic E-state index is -1.05. The summed E-state index contributed by atoms with van der Waals surface area (Å²) in [5.41, 5.74) is 0.950. The van der Waals surface area contributed by atoms with Crippen LogP contribution in [0.2, 0.25) is 5.02 Å². The highest BCUT2D eigenvalue weighted by molar-refractivity contribution is 6.35. The summed E-state index contributed by atoms with van der Waals surface area (Å²) in [6.07, 6.45) is 4.96. The van der Waals surface area contributed by atoms with Crippen molar-refractivity contribution < 1.29 is 38.2 Å². The molecule has 5 amide bonds. The van der Waals surface area contributed by atoms with E-state index in [0.717, 1.165) is 15.7 Å². The monoisotopic (exact) mass is 762 g/mol. The van der Waals surface area contributed by atoms with E-state index < -0.39 is 35.5 Å². The summed E-state index contributed by atoms with van der Waals surface area (Å²) in [6, 6.07) is 15.5. The van der Waals surface area contributed by atoms with Crippen LogP contribution >= 0.6 is 11.6 Å². The number of rotatable bonds is 8. The van der Waals surface area contributed by atoms with E-state index in [9.17, 15) is 29.1 Å². The molecule has 0 aliphatic carbocycles. The fourth-order valence-electron chi connectivity index (χ4n) is 7.33. The fourth-order valence-corrected chi connectivity index (χ4v) is 7.62. The average molecular weight is 763 g/mol. The molecule has 2 saturated heterocycles. The Bertz CT molecular complexity index is 2480. The largest absolute Gasteiger partial charge is 0.508 e. The molecule has 278 valence electrons. The maximum absolute atomic E-state index is 16.2. The maximum atomic E-state index is 16.2. The molecule has 4 aromatic carbocycles. The van der Waals surface area contributed by atoms with Crippen LogP contribution in [0.5, 0.6) is 11.5 Å². The van der Waals surface area contributed by atoms with Gasteiger partial charge in [0.15, 0.2) is 5.82 Å². The lowest BCUT2D eigenvalue weighted by atomic mass is 9.96. The SMILES string of the molecule is O=C1CCC(N2C(=O)c3ccc(OCC/C=C/C(=O)N4CCN(c5ncnc6c(F)c(-c7cc(O)cc8ccccc78)c(Cl)cc56)CC4)cc3C2=O)C(=O)N1. The number of piperazine rings is 1. The van der Waals surface area contributed by atoms with Gasteiger partial charge in [-0.1, -0.05) is 41.9 Å². The Balaban J connectivity index is 0.873. The Labute approximate surface area is 317 Å². The Morgan fingerprint density at radius 3 is 2.53 bits per heavy atom. The number of benzene rings is 4. The number of piperidine rings is 1. The lowest BCUT2D eigenvalue weighted by Crippen LogP contribution is -2.54. The number of hydrogen-bond acceptors (Lipinski definition) is 10. The number of phenols is 1. The normalized spacial score (nSPS) is 17.4. The van der Waals surface area contributed by atoms with Crippen LogP contribution in [0.4, 0.5) is 10.2 Å². The number of halogens is 2. The number of fused-ring (bicyclic) bond motifs is 3. The molecule has 1 atom stereocenters. The second-order valence-electron chi connectivity index (χ2n) is 13.4. The van der Waals surface area contributed by atoms with E-state index in [4.69, 9.17) is 16.3 Å². The molecule has 0 radical (unpaired) electrons. The second-order valence-corrected chi connectivity index (χ2v) is 13.8. The van der Waals surface area contributed by atoms with Crippen LogP contribution in [-0.4, -0.2) is 93.2 Å². The number of amides is 5. The van der Waals surface area contributed by atoms with Crippen molar-refractivity contribution in [1.29, 1.82) is 0 Å². The number of hydrogen-bond donors (Lipinski definition) is 2. The molecule has 55 heavy (non-hydrogen) atoms. The van der Waals surface area contributed by atoms with Gasteiger partial charge < -0.3 is 19.6 Å². The van der Waals surface area contributed by atoms with Crippen LogP contribution in [0.3, 0.4) is 0 Å². The second kappa shape index (κ2) is 14.4. The van der Waals surface area contributed by atoms with Crippen molar-refractivity contribution in [2.45, 2.75) is 25.3 Å². The number of nitrogens with zero attached hydrogens (tertiary/aromatic N) is 5. The molecule has 15 heteroatoms. The lowest BCUT2D eigenvalue weighted by molar-refractivity contribution is -0.136. The maximum Gasteiger partial charge on any atom is 0.262 e.